The largest absolute Gasteiger partial charge is 0.293 e. The molecule has 1 aromatic carbocycles. The van der Waals surface area contributed by atoms with E-state index in [2.05, 4.69) is 47.8 Å². The number of hydrogen-bond donors (Lipinski definition) is 0. The van der Waals surface area contributed by atoms with Crippen LogP contribution in [0.2, 0.25) is 0 Å². The summed E-state index contributed by atoms with van der Waals surface area (Å²) in [5.41, 5.74) is 0.726. The Bertz CT molecular complexity index is 878. The summed E-state index contributed by atoms with van der Waals surface area (Å²) >= 11 is 8.99. The minimum absolute atomic E-state index is 0.0232. The van der Waals surface area contributed by atoms with Gasteiger partial charge in [-0.1, -0.05) is 36.4 Å². The highest BCUT2D eigenvalue weighted by Gasteiger charge is 2.44. The third-order valence-electron chi connectivity index (χ3n) is 3.88. The Morgan fingerprint density at radius 1 is 0.913 bits per heavy atom. The highest BCUT2D eigenvalue weighted by molar-refractivity contribution is 9.42. The second-order valence-electron chi connectivity index (χ2n) is 5.20. The smallest absolute Gasteiger partial charge is 0.239 e. The van der Waals surface area contributed by atoms with Gasteiger partial charge in [0.25, 0.3) is 0 Å². The molecule has 3 rings (SSSR count). The van der Waals surface area contributed by atoms with Crippen LogP contribution >= 0.6 is 47.8 Å². The molecule has 0 bridgehead atoms. The maximum atomic E-state index is 12.7. The Balaban J connectivity index is 2.11. The van der Waals surface area contributed by atoms with E-state index in [9.17, 15) is 18.0 Å². The first-order chi connectivity index (χ1) is 10.6. The van der Waals surface area contributed by atoms with Crippen molar-refractivity contribution in [1.29, 1.82) is 0 Å². The van der Waals surface area contributed by atoms with Gasteiger partial charge in [-0.05, 0) is 53.9 Å². The standard InChI is InChI=1S/C15H9Br3O4S/c16-15(17,18)23(21,22)8-5-6-11-12(7-8)14(20)10-4-2-1-3-9(10)13(11)19/h1-7,11-12H. The molecule has 2 aliphatic rings. The quantitative estimate of drug-likeness (QED) is 0.522. The lowest BCUT2D eigenvalue weighted by molar-refractivity contribution is 0.0801. The molecule has 120 valence electrons. The van der Waals surface area contributed by atoms with Crippen LogP contribution in [0.25, 0.3) is 0 Å². The van der Waals surface area contributed by atoms with Gasteiger partial charge in [0.15, 0.2) is 11.6 Å². The van der Waals surface area contributed by atoms with Crippen LogP contribution in [0.5, 0.6) is 0 Å². The molecule has 8 heteroatoms. The fourth-order valence-corrected chi connectivity index (χ4v) is 5.26. The summed E-state index contributed by atoms with van der Waals surface area (Å²) in [7, 11) is -3.81. The first-order valence-corrected chi connectivity index (χ1v) is 10.4. The van der Waals surface area contributed by atoms with Crippen LogP contribution in [-0.2, 0) is 9.84 Å². The van der Waals surface area contributed by atoms with Gasteiger partial charge in [0.2, 0.25) is 11.3 Å². The van der Waals surface area contributed by atoms with Crippen molar-refractivity contribution in [3.05, 3.63) is 58.5 Å². The first-order valence-electron chi connectivity index (χ1n) is 6.53. The SMILES string of the molecule is O=C1c2ccccc2C(=O)C2C=C(S(=O)(=O)C(Br)(Br)Br)C=CC12. The normalized spacial score (nSPS) is 24.0. The van der Waals surface area contributed by atoms with Crippen LogP contribution in [-0.4, -0.2) is 21.5 Å². The van der Waals surface area contributed by atoms with Gasteiger partial charge in [0.05, 0.1) is 16.7 Å². The van der Waals surface area contributed by atoms with Crippen LogP contribution in [0.3, 0.4) is 0 Å². The van der Waals surface area contributed by atoms with Crippen LogP contribution in [0.15, 0.2) is 47.4 Å². The second-order valence-corrected chi connectivity index (χ2v) is 15.6. The van der Waals surface area contributed by atoms with Crippen molar-refractivity contribution in [1.82, 2.24) is 0 Å². The van der Waals surface area contributed by atoms with Gasteiger partial charge >= 0.3 is 0 Å². The van der Waals surface area contributed by atoms with Gasteiger partial charge in [-0.2, -0.15) is 0 Å². The fraction of sp³-hybridized carbons (Fsp3) is 0.200. The molecule has 0 saturated heterocycles. The van der Waals surface area contributed by atoms with Crippen molar-refractivity contribution in [2.24, 2.45) is 11.8 Å². The molecule has 23 heavy (non-hydrogen) atoms. The molecule has 2 unspecified atom stereocenters. The van der Waals surface area contributed by atoms with E-state index >= 15 is 0 Å². The zero-order chi connectivity index (χ0) is 17.0. The van der Waals surface area contributed by atoms with Gasteiger partial charge in [-0.3, -0.25) is 9.59 Å². The van der Waals surface area contributed by atoms with Crippen molar-refractivity contribution < 1.29 is 18.0 Å². The summed E-state index contributed by atoms with van der Waals surface area (Å²) in [6, 6.07) is 6.61. The molecule has 0 spiro atoms. The molecular weight excluding hydrogens is 516 g/mol. The van der Waals surface area contributed by atoms with Gasteiger partial charge in [0.1, 0.15) is 0 Å². The number of allylic oxidation sites excluding steroid dienone is 3. The predicted molar refractivity (Wildman–Crippen MR) is 97.7 cm³/mol. The third kappa shape index (κ3) is 2.73. The van der Waals surface area contributed by atoms with Crippen LogP contribution in [0.1, 0.15) is 20.7 Å². The molecule has 0 radical (unpaired) electrons. The zero-order valence-electron chi connectivity index (χ0n) is 11.4. The van der Waals surface area contributed by atoms with Gasteiger partial charge in [-0.25, -0.2) is 8.42 Å². The molecule has 0 amide bonds. The average molecular weight is 525 g/mol. The minimum atomic E-state index is -3.81. The van der Waals surface area contributed by atoms with E-state index in [1.54, 1.807) is 24.3 Å². The molecule has 0 aliphatic heterocycles. The lowest BCUT2D eigenvalue weighted by Crippen LogP contribution is -2.36. The molecule has 1 aromatic rings. The first kappa shape index (κ1) is 17.3. The molecule has 0 fully saturated rings. The number of halogens is 3. The molecule has 0 heterocycles. The lowest BCUT2D eigenvalue weighted by Gasteiger charge is -2.30. The Kier molecular flexibility index (Phi) is 4.32. The summed E-state index contributed by atoms with van der Waals surface area (Å²) < 4.78 is 23.4. The van der Waals surface area contributed by atoms with E-state index in [4.69, 9.17) is 0 Å². The Morgan fingerprint density at radius 2 is 1.43 bits per heavy atom. The van der Waals surface area contributed by atoms with E-state index in [0.717, 1.165) is 0 Å². The topological polar surface area (TPSA) is 68.3 Å². The molecule has 0 N–H and O–H groups in total. The van der Waals surface area contributed by atoms with Crippen molar-refractivity contribution in [3.63, 3.8) is 0 Å². The van der Waals surface area contributed by atoms with E-state index < -0.39 is 23.1 Å². The second kappa shape index (κ2) is 5.75. The molecule has 0 aromatic heterocycles. The van der Waals surface area contributed by atoms with E-state index in [0.29, 0.717) is 11.1 Å². The molecule has 2 aliphatic carbocycles. The summed E-state index contributed by atoms with van der Waals surface area (Å²) in [5, 5.41) is 0. The van der Waals surface area contributed by atoms with Crippen molar-refractivity contribution in [3.8, 4) is 0 Å². The number of sulfone groups is 1. The number of carbonyl (C=O) groups is 2. The number of rotatable bonds is 1. The van der Waals surface area contributed by atoms with E-state index in [1.165, 1.54) is 18.2 Å². The van der Waals surface area contributed by atoms with Gasteiger partial charge in [-0.15, -0.1) is 0 Å². The highest BCUT2D eigenvalue weighted by atomic mass is 80.0. The summed E-state index contributed by atoms with van der Waals surface area (Å²) in [6.45, 7) is 0. The molecular formula is C15H9Br3O4S. The van der Waals surface area contributed by atoms with E-state index in [-0.39, 0.29) is 16.5 Å². The van der Waals surface area contributed by atoms with Gasteiger partial charge < -0.3 is 0 Å². The van der Waals surface area contributed by atoms with Crippen LogP contribution in [0.4, 0.5) is 0 Å². The van der Waals surface area contributed by atoms with Crippen molar-refractivity contribution in [2.45, 2.75) is 1.47 Å². The molecule has 4 nitrogen and oxygen atoms in total. The lowest BCUT2D eigenvalue weighted by atomic mass is 9.72. The number of fused-ring (bicyclic) bond motifs is 2. The third-order valence-corrected chi connectivity index (χ3v) is 9.22. The number of carbonyl (C=O) groups excluding carboxylic acids is 2. The highest BCUT2D eigenvalue weighted by Crippen LogP contribution is 2.45. The average Bonchev–Trinajstić information content (AvgIpc) is 2.51. The number of Topliss-reactive ketones (excluding diaryl/α,β-unsaturated/α-hetero) is 2. The van der Waals surface area contributed by atoms with Crippen molar-refractivity contribution >= 4 is 69.2 Å². The molecule has 0 saturated carbocycles. The summed E-state index contributed by atoms with van der Waals surface area (Å²) in [6.07, 6.45) is 4.22. The number of hydrogen-bond acceptors (Lipinski definition) is 4. The maximum absolute atomic E-state index is 12.7. The van der Waals surface area contributed by atoms with Gasteiger partial charge in [0, 0.05) is 11.1 Å². The Labute approximate surface area is 158 Å². The fourth-order valence-electron chi connectivity index (χ4n) is 2.73. The number of benzene rings is 1. The number of ketones is 2. The minimum Gasteiger partial charge on any atom is -0.293 e. The number of alkyl halides is 3. The zero-order valence-corrected chi connectivity index (χ0v) is 16.9. The maximum Gasteiger partial charge on any atom is 0.239 e. The predicted octanol–water partition coefficient (Wildman–Crippen LogP) is 3.96. The Hall–Kier alpha value is -0.570. The Morgan fingerprint density at radius 3 is 1.96 bits per heavy atom. The van der Waals surface area contributed by atoms with Crippen molar-refractivity contribution in [2.75, 3.05) is 0 Å². The van der Waals surface area contributed by atoms with E-state index in [1.807, 2.05) is 0 Å². The van der Waals surface area contributed by atoms with Crippen LogP contribution < -0.4 is 0 Å². The monoisotopic (exact) mass is 522 g/mol. The molecule has 2 atom stereocenters. The summed E-state index contributed by atoms with van der Waals surface area (Å²) in [5.74, 6) is -1.88. The van der Waals surface area contributed by atoms with Crippen LogP contribution in [0, 0.1) is 11.8 Å². The summed E-state index contributed by atoms with van der Waals surface area (Å²) in [4.78, 5) is 25.2.